The van der Waals surface area contributed by atoms with Crippen LogP contribution in [-0.4, -0.2) is 28.0 Å². The van der Waals surface area contributed by atoms with Crippen molar-refractivity contribution in [3.63, 3.8) is 0 Å². The molecule has 4 rings (SSSR count). The molecule has 3 aromatic carbocycles. The number of thioether (sulfide) groups is 1. The molecule has 2 amide bonds. The maximum Gasteiger partial charge on any atom is 0.408 e. The van der Waals surface area contributed by atoms with Crippen LogP contribution in [0.2, 0.25) is 0 Å². The molecule has 1 aromatic heterocycles. The van der Waals surface area contributed by atoms with E-state index >= 15 is 0 Å². The number of hydrogen-bond acceptors (Lipinski definition) is 5. The molecule has 0 bridgehead atoms. The van der Waals surface area contributed by atoms with Gasteiger partial charge in [0.05, 0.1) is 11.0 Å². The molecule has 0 fully saturated rings. The number of aromatic amines is 1. The van der Waals surface area contributed by atoms with Crippen LogP contribution in [0.5, 0.6) is 0 Å². The Labute approximate surface area is 215 Å². The molecule has 0 saturated carbocycles. The highest BCUT2D eigenvalue weighted by atomic mass is 32.2. The van der Waals surface area contributed by atoms with Crippen molar-refractivity contribution in [2.45, 2.75) is 43.8 Å². The lowest BCUT2D eigenvalue weighted by atomic mass is 10.0. The summed E-state index contributed by atoms with van der Waals surface area (Å²) in [5.74, 6) is 0.549. The summed E-state index contributed by atoms with van der Waals surface area (Å²) in [4.78, 5) is 33.6. The molecular weight excluding hydrogens is 472 g/mol. The van der Waals surface area contributed by atoms with Gasteiger partial charge in [-0.2, -0.15) is 0 Å². The minimum atomic E-state index is -0.718. The van der Waals surface area contributed by atoms with Crippen molar-refractivity contribution in [3.05, 3.63) is 90.0 Å². The van der Waals surface area contributed by atoms with Crippen LogP contribution >= 0.6 is 11.8 Å². The standard InChI is InChI=1S/C28H30N4O3S/c1-19(2)16-25(32-28(34)35-17-20-10-4-3-5-11-20)26(33)29-22-13-7-6-12-21(22)18-36-27-30-23-14-8-9-15-24(23)31-27/h3-15,19,25H,16-18H2,1-2H3,(H,29,33)(H,30,31)(H,32,34)/t25-/m1/s1. The lowest BCUT2D eigenvalue weighted by molar-refractivity contribution is -0.118. The fourth-order valence-corrected chi connectivity index (χ4v) is 4.63. The van der Waals surface area contributed by atoms with E-state index in [2.05, 4.69) is 20.6 Å². The summed E-state index contributed by atoms with van der Waals surface area (Å²) in [6, 6.07) is 24.3. The molecular formula is C28H30N4O3S. The van der Waals surface area contributed by atoms with E-state index in [-0.39, 0.29) is 18.4 Å². The van der Waals surface area contributed by atoms with Gasteiger partial charge in [-0.05, 0) is 41.7 Å². The third-order valence-electron chi connectivity index (χ3n) is 5.54. The summed E-state index contributed by atoms with van der Waals surface area (Å²) in [5, 5.41) is 6.56. The van der Waals surface area contributed by atoms with Gasteiger partial charge in [-0.15, -0.1) is 0 Å². The largest absolute Gasteiger partial charge is 0.445 e. The second-order valence-corrected chi connectivity index (χ2v) is 9.85. The number of H-pyrrole nitrogens is 1. The number of hydrogen-bond donors (Lipinski definition) is 3. The molecule has 186 valence electrons. The van der Waals surface area contributed by atoms with Crippen LogP contribution in [0, 0.1) is 5.92 Å². The third-order valence-corrected chi connectivity index (χ3v) is 6.46. The average molecular weight is 503 g/mol. The Morgan fingerprint density at radius 1 is 0.972 bits per heavy atom. The molecule has 0 aliphatic carbocycles. The molecule has 0 aliphatic heterocycles. The summed E-state index contributed by atoms with van der Waals surface area (Å²) in [6.45, 7) is 4.16. The van der Waals surface area contributed by atoms with E-state index in [0.29, 0.717) is 17.9 Å². The molecule has 0 radical (unpaired) electrons. The van der Waals surface area contributed by atoms with Crippen LogP contribution in [0.15, 0.2) is 84.0 Å². The van der Waals surface area contributed by atoms with E-state index in [1.807, 2.05) is 92.7 Å². The number of anilines is 1. The topological polar surface area (TPSA) is 96.1 Å². The van der Waals surface area contributed by atoms with E-state index in [1.54, 1.807) is 11.8 Å². The zero-order chi connectivity index (χ0) is 25.3. The number of para-hydroxylation sites is 3. The van der Waals surface area contributed by atoms with Gasteiger partial charge in [-0.25, -0.2) is 9.78 Å². The minimum absolute atomic E-state index is 0.143. The van der Waals surface area contributed by atoms with Crippen LogP contribution < -0.4 is 10.6 Å². The zero-order valence-corrected chi connectivity index (χ0v) is 21.2. The Kier molecular flexibility index (Phi) is 8.62. The highest BCUT2D eigenvalue weighted by molar-refractivity contribution is 7.98. The molecule has 8 heteroatoms. The first-order valence-corrected chi connectivity index (χ1v) is 12.9. The Balaban J connectivity index is 1.38. The summed E-state index contributed by atoms with van der Waals surface area (Å²) < 4.78 is 5.33. The summed E-state index contributed by atoms with van der Waals surface area (Å²) in [5.41, 5.74) is 4.46. The number of ether oxygens (including phenoxy) is 1. The van der Waals surface area contributed by atoms with Crippen LogP contribution in [-0.2, 0) is 21.9 Å². The lowest BCUT2D eigenvalue weighted by Gasteiger charge is -2.21. The fraction of sp³-hybridized carbons (Fsp3) is 0.250. The Hall–Kier alpha value is -3.78. The number of alkyl carbamates (subject to hydrolysis) is 1. The fourth-order valence-electron chi connectivity index (χ4n) is 3.74. The monoisotopic (exact) mass is 502 g/mol. The van der Waals surface area contributed by atoms with Gasteiger partial charge in [-0.3, -0.25) is 4.79 Å². The zero-order valence-electron chi connectivity index (χ0n) is 20.4. The first-order valence-electron chi connectivity index (χ1n) is 11.9. The molecule has 0 saturated heterocycles. The second-order valence-electron chi connectivity index (χ2n) is 8.88. The van der Waals surface area contributed by atoms with Gasteiger partial charge in [0.2, 0.25) is 5.91 Å². The number of rotatable bonds is 10. The van der Waals surface area contributed by atoms with E-state index in [1.165, 1.54) is 0 Å². The Morgan fingerprint density at radius 3 is 2.47 bits per heavy atom. The number of nitrogens with zero attached hydrogens (tertiary/aromatic N) is 1. The van der Waals surface area contributed by atoms with Gasteiger partial charge in [0.1, 0.15) is 12.6 Å². The van der Waals surface area contributed by atoms with Crippen molar-refractivity contribution >= 4 is 40.5 Å². The number of benzene rings is 3. The molecule has 3 N–H and O–H groups in total. The smallest absolute Gasteiger partial charge is 0.408 e. The highest BCUT2D eigenvalue weighted by Crippen LogP contribution is 2.27. The number of carbonyl (C=O) groups is 2. The van der Waals surface area contributed by atoms with Crippen molar-refractivity contribution < 1.29 is 14.3 Å². The maximum atomic E-state index is 13.2. The van der Waals surface area contributed by atoms with Crippen molar-refractivity contribution in [2.24, 2.45) is 5.92 Å². The molecule has 36 heavy (non-hydrogen) atoms. The van der Waals surface area contributed by atoms with Crippen LogP contribution in [0.3, 0.4) is 0 Å². The van der Waals surface area contributed by atoms with Crippen molar-refractivity contribution in [2.75, 3.05) is 5.32 Å². The van der Waals surface area contributed by atoms with E-state index < -0.39 is 12.1 Å². The summed E-state index contributed by atoms with van der Waals surface area (Å²) >= 11 is 1.57. The predicted octanol–water partition coefficient (Wildman–Crippen LogP) is 6.13. The third kappa shape index (κ3) is 7.11. The van der Waals surface area contributed by atoms with Gasteiger partial charge in [0.25, 0.3) is 0 Å². The SMILES string of the molecule is CC(C)C[C@@H](NC(=O)OCc1ccccc1)C(=O)Nc1ccccc1CSc1nc2ccccc2[nH]1. The molecule has 1 atom stereocenters. The summed E-state index contributed by atoms with van der Waals surface area (Å²) in [6.07, 6.45) is -0.129. The second kappa shape index (κ2) is 12.3. The van der Waals surface area contributed by atoms with Gasteiger partial charge in [-0.1, -0.05) is 86.3 Å². The predicted molar refractivity (Wildman–Crippen MR) is 144 cm³/mol. The van der Waals surface area contributed by atoms with Crippen LogP contribution in [0.4, 0.5) is 10.5 Å². The normalized spacial score (nSPS) is 11.9. The number of imidazole rings is 1. The molecule has 0 unspecified atom stereocenters. The van der Waals surface area contributed by atoms with Crippen molar-refractivity contribution in [1.29, 1.82) is 0 Å². The van der Waals surface area contributed by atoms with Crippen LogP contribution in [0.1, 0.15) is 31.4 Å². The van der Waals surface area contributed by atoms with Gasteiger partial charge in [0, 0.05) is 11.4 Å². The quantitative estimate of drug-likeness (QED) is 0.227. The van der Waals surface area contributed by atoms with Crippen molar-refractivity contribution in [3.8, 4) is 0 Å². The maximum absolute atomic E-state index is 13.2. The molecule has 7 nitrogen and oxygen atoms in total. The molecule has 0 spiro atoms. The lowest BCUT2D eigenvalue weighted by Crippen LogP contribution is -2.44. The average Bonchev–Trinajstić information content (AvgIpc) is 3.30. The van der Waals surface area contributed by atoms with E-state index in [9.17, 15) is 9.59 Å². The molecule has 0 aliphatic rings. The van der Waals surface area contributed by atoms with Gasteiger partial charge < -0.3 is 20.4 Å². The van der Waals surface area contributed by atoms with Gasteiger partial charge >= 0.3 is 6.09 Å². The first-order chi connectivity index (χ1) is 17.5. The van der Waals surface area contributed by atoms with E-state index in [4.69, 9.17) is 4.74 Å². The minimum Gasteiger partial charge on any atom is -0.445 e. The highest BCUT2D eigenvalue weighted by Gasteiger charge is 2.23. The Morgan fingerprint density at radius 2 is 1.69 bits per heavy atom. The molecule has 4 aromatic rings. The number of aromatic nitrogens is 2. The van der Waals surface area contributed by atoms with E-state index in [0.717, 1.165) is 27.3 Å². The number of fused-ring (bicyclic) bond motifs is 1. The van der Waals surface area contributed by atoms with Crippen molar-refractivity contribution in [1.82, 2.24) is 15.3 Å². The van der Waals surface area contributed by atoms with Gasteiger partial charge in [0.15, 0.2) is 5.16 Å². The molecule has 1 heterocycles. The first kappa shape index (κ1) is 25.3. The number of nitrogens with one attached hydrogen (secondary N) is 3. The number of carbonyl (C=O) groups excluding carboxylic acids is 2. The number of amides is 2. The van der Waals surface area contributed by atoms with Crippen LogP contribution in [0.25, 0.3) is 11.0 Å². The Bertz CT molecular complexity index is 1270. The summed E-state index contributed by atoms with van der Waals surface area (Å²) in [7, 11) is 0.